The first kappa shape index (κ1) is 16.5. The van der Waals surface area contributed by atoms with E-state index < -0.39 is 36.6 Å². The van der Waals surface area contributed by atoms with Gasteiger partial charge in [-0.3, -0.25) is 14.5 Å². The summed E-state index contributed by atoms with van der Waals surface area (Å²) < 4.78 is 4.57. The fourth-order valence-corrected chi connectivity index (χ4v) is 2.39. The standard InChI is InChI=1S/C16H17N3O4/c1-16(8-7-12-5-3-2-4-6-12)14(21)19(15(22)18-16)11-13(20)23-10-9-17/h2-6H,7-8,10-11H2,1H3,(H,18,22)/t16-/m1/s1. The lowest BCUT2D eigenvalue weighted by atomic mass is 9.93. The van der Waals surface area contributed by atoms with Crippen LogP contribution in [0.2, 0.25) is 0 Å². The first-order valence-corrected chi connectivity index (χ1v) is 7.17. The summed E-state index contributed by atoms with van der Waals surface area (Å²) in [6.07, 6.45) is 1.04. The second-order valence-electron chi connectivity index (χ2n) is 5.46. The number of aryl methyl sites for hydroxylation is 1. The number of benzene rings is 1. The maximum Gasteiger partial charge on any atom is 0.327 e. The van der Waals surface area contributed by atoms with Crippen molar-refractivity contribution in [1.29, 1.82) is 5.26 Å². The van der Waals surface area contributed by atoms with Gasteiger partial charge in [0, 0.05) is 0 Å². The minimum Gasteiger partial charge on any atom is -0.449 e. The smallest absolute Gasteiger partial charge is 0.327 e. The van der Waals surface area contributed by atoms with Gasteiger partial charge in [-0.05, 0) is 25.3 Å². The van der Waals surface area contributed by atoms with Gasteiger partial charge in [-0.1, -0.05) is 30.3 Å². The topological polar surface area (TPSA) is 99.5 Å². The third kappa shape index (κ3) is 3.86. The second-order valence-corrected chi connectivity index (χ2v) is 5.46. The quantitative estimate of drug-likeness (QED) is 0.623. The summed E-state index contributed by atoms with van der Waals surface area (Å²) >= 11 is 0. The normalized spacial score (nSPS) is 20.1. The number of hydrogen-bond acceptors (Lipinski definition) is 5. The zero-order valence-corrected chi connectivity index (χ0v) is 12.7. The van der Waals surface area contributed by atoms with E-state index in [-0.39, 0.29) is 0 Å². The molecule has 1 atom stereocenters. The number of hydrogen-bond donors (Lipinski definition) is 1. The molecule has 1 aliphatic heterocycles. The molecule has 1 aromatic carbocycles. The number of esters is 1. The molecule has 23 heavy (non-hydrogen) atoms. The number of amides is 3. The summed E-state index contributed by atoms with van der Waals surface area (Å²) in [5, 5.41) is 11.0. The highest BCUT2D eigenvalue weighted by molar-refractivity contribution is 6.08. The Bertz CT molecular complexity index is 653. The molecule has 1 aromatic rings. The predicted octanol–water partition coefficient (Wildman–Crippen LogP) is 0.996. The lowest BCUT2D eigenvalue weighted by Gasteiger charge is -2.21. The van der Waals surface area contributed by atoms with E-state index in [0.717, 1.165) is 10.5 Å². The Morgan fingerprint density at radius 3 is 2.70 bits per heavy atom. The number of carbonyl (C=O) groups is 3. The van der Waals surface area contributed by atoms with Crippen LogP contribution in [0.5, 0.6) is 0 Å². The number of nitriles is 1. The maximum atomic E-state index is 12.4. The molecule has 1 N–H and O–H groups in total. The Labute approximate surface area is 133 Å². The number of urea groups is 1. The highest BCUT2D eigenvalue weighted by Gasteiger charge is 2.48. The van der Waals surface area contributed by atoms with Gasteiger partial charge < -0.3 is 10.1 Å². The molecule has 1 heterocycles. The van der Waals surface area contributed by atoms with Crippen LogP contribution in [0.3, 0.4) is 0 Å². The van der Waals surface area contributed by atoms with E-state index in [1.165, 1.54) is 0 Å². The highest BCUT2D eigenvalue weighted by Crippen LogP contribution is 2.23. The second kappa shape index (κ2) is 6.92. The van der Waals surface area contributed by atoms with Crippen LogP contribution in [-0.2, 0) is 20.7 Å². The molecule has 0 radical (unpaired) electrons. The van der Waals surface area contributed by atoms with Crippen LogP contribution < -0.4 is 5.32 Å². The zero-order chi connectivity index (χ0) is 16.9. The van der Waals surface area contributed by atoms with Crippen molar-refractivity contribution in [2.45, 2.75) is 25.3 Å². The largest absolute Gasteiger partial charge is 0.449 e. The van der Waals surface area contributed by atoms with Crippen molar-refractivity contribution in [2.24, 2.45) is 0 Å². The van der Waals surface area contributed by atoms with E-state index in [1.807, 2.05) is 30.3 Å². The van der Waals surface area contributed by atoms with Crippen molar-refractivity contribution in [2.75, 3.05) is 13.2 Å². The molecule has 1 saturated heterocycles. The number of rotatable bonds is 6. The van der Waals surface area contributed by atoms with E-state index in [1.54, 1.807) is 13.0 Å². The van der Waals surface area contributed by atoms with Gasteiger partial charge >= 0.3 is 12.0 Å². The van der Waals surface area contributed by atoms with Crippen LogP contribution >= 0.6 is 0 Å². The zero-order valence-electron chi connectivity index (χ0n) is 12.7. The Hall–Kier alpha value is -2.88. The minimum absolute atomic E-state index is 0.409. The van der Waals surface area contributed by atoms with Crippen LogP contribution in [0.4, 0.5) is 4.79 Å². The Balaban J connectivity index is 1.99. The number of nitrogens with zero attached hydrogens (tertiary/aromatic N) is 2. The maximum absolute atomic E-state index is 12.4. The molecule has 3 amide bonds. The summed E-state index contributed by atoms with van der Waals surface area (Å²) in [4.78, 5) is 36.7. The number of ether oxygens (including phenoxy) is 1. The van der Waals surface area contributed by atoms with Crippen LogP contribution in [-0.4, -0.2) is 41.5 Å². The van der Waals surface area contributed by atoms with Gasteiger partial charge in [0.15, 0.2) is 6.61 Å². The average Bonchev–Trinajstić information content (AvgIpc) is 2.76. The molecule has 1 fully saturated rings. The summed E-state index contributed by atoms with van der Waals surface area (Å²) in [5.41, 5.74) is 0.00487. The molecule has 0 saturated carbocycles. The number of carbonyl (C=O) groups excluding carboxylic acids is 3. The van der Waals surface area contributed by atoms with E-state index >= 15 is 0 Å². The molecule has 2 rings (SSSR count). The van der Waals surface area contributed by atoms with Crippen molar-refractivity contribution >= 4 is 17.9 Å². The molecular weight excluding hydrogens is 298 g/mol. The first-order chi connectivity index (χ1) is 11.0. The molecule has 7 heteroatoms. The molecule has 0 spiro atoms. The van der Waals surface area contributed by atoms with Crippen molar-refractivity contribution in [1.82, 2.24) is 10.2 Å². The fourth-order valence-electron chi connectivity index (χ4n) is 2.39. The molecule has 0 unspecified atom stereocenters. The van der Waals surface area contributed by atoms with E-state index in [4.69, 9.17) is 5.26 Å². The van der Waals surface area contributed by atoms with Crippen LogP contribution in [0.1, 0.15) is 18.9 Å². The van der Waals surface area contributed by atoms with Gasteiger partial charge in [-0.25, -0.2) is 4.79 Å². The van der Waals surface area contributed by atoms with E-state index in [0.29, 0.717) is 12.8 Å². The monoisotopic (exact) mass is 315 g/mol. The first-order valence-electron chi connectivity index (χ1n) is 7.17. The minimum atomic E-state index is -1.05. The molecular formula is C16H17N3O4. The highest BCUT2D eigenvalue weighted by atomic mass is 16.5. The van der Waals surface area contributed by atoms with Gasteiger partial charge in [0.05, 0.1) is 0 Å². The average molecular weight is 315 g/mol. The molecule has 0 aromatic heterocycles. The van der Waals surface area contributed by atoms with E-state index in [9.17, 15) is 14.4 Å². The Morgan fingerprint density at radius 2 is 2.04 bits per heavy atom. The molecule has 0 bridgehead atoms. The van der Waals surface area contributed by atoms with E-state index in [2.05, 4.69) is 10.1 Å². The summed E-state index contributed by atoms with van der Waals surface area (Å²) in [7, 11) is 0. The van der Waals surface area contributed by atoms with Crippen LogP contribution in [0.15, 0.2) is 30.3 Å². The van der Waals surface area contributed by atoms with Gasteiger partial charge in [0.2, 0.25) is 0 Å². The van der Waals surface area contributed by atoms with Crippen molar-refractivity contribution in [3.63, 3.8) is 0 Å². The number of nitrogens with one attached hydrogen (secondary N) is 1. The molecule has 1 aliphatic rings. The van der Waals surface area contributed by atoms with Gasteiger partial charge in [0.25, 0.3) is 5.91 Å². The Kier molecular flexibility index (Phi) is 4.96. The predicted molar refractivity (Wildman–Crippen MR) is 80.0 cm³/mol. The summed E-state index contributed by atoms with van der Waals surface area (Å²) in [6, 6.07) is 10.6. The van der Waals surface area contributed by atoms with Crippen molar-refractivity contribution in [3.05, 3.63) is 35.9 Å². The van der Waals surface area contributed by atoms with Crippen LogP contribution in [0.25, 0.3) is 0 Å². The van der Waals surface area contributed by atoms with Gasteiger partial charge in [-0.2, -0.15) is 5.26 Å². The third-order valence-electron chi connectivity index (χ3n) is 3.69. The fraction of sp³-hybridized carbons (Fsp3) is 0.375. The summed E-state index contributed by atoms with van der Waals surface area (Å²) in [6.45, 7) is 0.734. The molecule has 7 nitrogen and oxygen atoms in total. The lowest BCUT2D eigenvalue weighted by Crippen LogP contribution is -2.44. The number of imide groups is 1. The van der Waals surface area contributed by atoms with Crippen LogP contribution in [0, 0.1) is 11.3 Å². The Morgan fingerprint density at radius 1 is 1.35 bits per heavy atom. The van der Waals surface area contributed by atoms with Gasteiger partial charge in [-0.15, -0.1) is 0 Å². The third-order valence-corrected chi connectivity index (χ3v) is 3.69. The molecule has 0 aliphatic carbocycles. The summed E-state index contributed by atoms with van der Waals surface area (Å²) in [5.74, 6) is -1.25. The van der Waals surface area contributed by atoms with Crippen molar-refractivity contribution < 1.29 is 19.1 Å². The SMILES string of the molecule is C[C@]1(CCc2ccccc2)NC(=O)N(CC(=O)OCC#N)C1=O. The van der Waals surface area contributed by atoms with Crippen molar-refractivity contribution in [3.8, 4) is 6.07 Å². The lowest BCUT2D eigenvalue weighted by molar-refractivity contribution is -0.146. The van der Waals surface area contributed by atoms with Gasteiger partial charge in [0.1, 0.15) is 18.2 Å². The molecule has 120 valence electrons.